The number of rotatable bonds is 4. The molecule has 0 bridgehead atoms. The van der Waals surface area contributed by atoms with Crippen molar-refractivity contribution >= 4 is 23.3 Å². The third-order valence-corrected chi connectivity index (χ3v) is 5.74. The number of nitrogens with zero attached hydrogens (tertiary/aromatic N) is 2. The first-order chi connectivity index (χ1) is 10.9. The van der Waals surface area contributed by atoms with E-state index in [9.17, 15) is 4.79 Å². The summed E-state index contributed by atoms with van der Waals surface area (Å²) < 4.78 is 4.90. The molecule has 0 saturated carbocycles. The summed E-state index contributed by atoms with van der Waals surface area (Å²) in [5.74, 6) is 0.914. The van der Waals surface area contributed by atoms with E-state index in [4.69, 9.17) is 4.74 Å². The van der Waals surface area contributed by atoms with Crippen molar-refractivity contribution in [2.75, 3.05) is 33.8 Å². The lowest BCUT2D eigenvalue weighted by atomic mass is 9.91. The molecule has 1 aromatic heterocycles. The SMILES string of the molecule is CN=C(NCC(C)(C)c1cccs1)N1CC(C)C(C(=O)OC)C1. The molecule has 0 radical (unpaired) electrons. The molecule has 0 amide bonds. The highest BCUT2D eigenvalue weighted by atomic mass is 32.1. The standard InChI is InChI=1S/C17H27N3O2S/c1-12-9-20(10-13(12)15(21)22-5)16(18-4)19-11-17(2,3)14-7-6-8-23-14/h6-8,12-13H,9-11H2,1-5H3,(H,18,19). The Morgan fingerprint density at radius 2 is 2.26 bits per heavy atom. The van der Waals surface area contributed by atoms with Crippen molar-refractivity contribution in [1.29, 1.82) is 0 Å². The van der Waals surface area contributed by atoms with Gasteiger partial charge >= 0.3 is 5.97 Å². The second-order valence-corrected chi connectivity index (χ2v) is 7.72. The van der Waals surface area contributed by atoms with Gasteiger partial charge in [0, 0.05) is 37.0 Å². The molecule has 2 heterocycles. The summed E-state index contributed by atoms with van der Waals surface area (Å²) in [6, 6.07) is 4.25. The average molecular weight is 337 g/mol. The van der Waals surface area contributed by atoms with Crippen LogP contribution in [-0.2, 0) is 14.9 Å². The van der Waals surface area contributed by atoms with Gasteiger partial charge in [0.25, 0.3) is 0 Å². The molecule has 1 saturated heterocycles. The third-order valence-electron chi connectivity index (χ3n) is 4.50. The fraction of sp³-hybridized carbons (Fsp3) is 0.647. The van der Waals surface area contributed by atoms with Gasteiger partial charge in [0.05, 0.1) is 13.0 Å². The fourth-order valence-electron chi connectivity index (χ4n) is 2.98. The number of hydrogen-bond donors (Lipinski definition) is 1. The van der Waals surface area contributed by atoms with Crippen molar-refractivity contribution in [3.8, 4) is 0 Å². The van der Waals surface area contributed by atoms with Crippen molar-refractivity contribution in [2.45, 2.75) is 26.2 Å². The Hall–Kier alpha value is -1.56. The molecule has 1 aromatic rings. The van der Waals surface area contributed by atoms with Crippen LogP contribution in [0.5, 0.6) is 0 Å². The van der Waals surface area contributed by atoms with Crippen LogP contribution in [0, 0.1) is 11.8 Å². The zero-order valence-corrected chi connectivity index (χ0v) is 15.4. The number of aliphatic imine (C=N–C) groups is 1. The van der Waals surface area contributed by atoms with Gasteiger partial charge in [-0.05, 0) is 17.4 Å². The summed E-state index contributed by atoms with van der Waals surface area (Å²) in [7, 11) is 3.24. The first-order valence-corrected chi connectivity index (χ1v) is 8.84. The molecule has 2 rings (SSSR count). The highest BCUT2D eigenvalue weighted by Crippen LogP contribution is 2.27. The summed E-state index contributed by atoms with van der Waals surface area (Å²) in [5.41, 5.74) is 0.0389. The maximum absolute atomic E-state index is 11.8. The van der Waals surface area contributed by atoms with Crippen molar-refractivity contribution in [1.82, 2.24) is 10.2 Å². The molecule has 128 valence electrons. The first kappa shape index (κ1) is 17.8. The van der Waals surface area contributed by atoms with Gasteiger partial charge < -0.3 is 15.0 Å². The summed E-state index contributed by atoms with van der Waals surface area (Å²) >= 11 is 1.77. The van der Waals surface area contributed by atoms with Gasteiger partial charge in [-0.3, -0.25) is 9.79 Å². The Kier molecular flexibility index (Phi) is 5.68. The van der Waals surface area contributed by atoms with E-state index < -0.39 is 0 Å². The molecule has 1 aliphatic heterocycles. The number of ether oxygens (including phenoxy) is 1. The van der Waals surface area contributed by atoms with Crippen LogP contribution in [0.4, 0.5) is 0 Å². The molecular weight excluding hydrogens is 310 g/mol. The van der Waals surface area contributed by atoms with Crippen LogP contribution in [0.2, 0.25) is 0 Å². The van der Waals surface area contributed by atoms with E-state index in [1.54, 1.807) is 18.4 Å². The smallest absolute Gasteiger partial charge is 0.310 e. The number of thiophene rings is 1. The predicted octanol–water partition coefficient (Wildman–Crippen LogP) is 2.34. The molecule has 1 N–H and O–H groups in total. The molecule has 6 heteroatoms. The van der Waals surface area contributed by atoms with E-state index in [-0.39, 0.29) is 23.2 Å². The quantitative estimate of drug-likeness (QED) is 0.520. The van der Waals surface area contributed by atoms with E-state index in [0.29, 0.717) is 6.54 Å². The van der Waals surface area contributed by atoms with Crippen molar-refractivity contribution in [3.63, 3.8) is 0 Å². The molecule has 1 aliphatic rings. The van der Waals surface area contributed by atoms with Crippen LogP contribution in [-0.4, -0.2) is 50.6 Å². The summed E-state index contributed by atoms with van der Waals surface area (Å²) in [5, 5.41) is 5.57. The summed E-state index contributed by atoms with van der Waals surface area (Å²) in [6.45, 7) is 8.82. The molecule has 0 aromatic carbocycles. The molecule has 0 spiro atoms. The molecule has 2 atom stereocenters. The lowest BCUT2D eigenvalue weighted by Crippen LogP contribution is -2.45. The predicted molar refractivity (Wildman–Crippen MR) is 94.9 cm³/mol. The van der Waals surface area contributed by atoms with Crippen LogP contribution in [0.25, 0.3) is 0 Å². The highest BCUT2D eigenvalue weighted by molar-refractivity contribution is 7.10. The lowest BCUT2D eigenvalue weighted by molar-refractivity contribution is -0.145. The first-order valence-electron chi connectivity index (χ1n) is 7.96. The van der Waals surface area contributed by atoms with Gasteiger partial charge in [0.15, 0.2) is 5.96 Å². The number of guanidine groups is 1. The van der Waals surface area contributed by atoms with Crippen molar-refractivity contribution < 1.29 is 9.53 Å². The normalized spacial score (nSPS) is 22.3. The minimum Gasteiger partial charge on any atom is -0.469 e. The number of likely N-dealkylation sites (tertiary alicyclic amines) is 1. The lowest BCUT2D eigenvalue weighted by Gasteiger charge is -2.28. The summed E-state index contributed by atoms with van der Waals surface area (Å²) in [4.78, 5) is 19.7. The molecule has 5 nitrogen and oxygen atoms in total. The van der Waals surface area contributed by atoms with Crippen LogP contribution in [0.3, 0.4) is 0 Å². The molecule has 23 heavy (non-hydrogen) atoms. The number of carbonyl (C=O) groups is 1. The minimum absolute atomic E-state index is 0.0389. The largest absolute Gasteiger partial charge is 0.469 e. The topological polar surface area (TPSA) is 53.9 Å². The van der Waals surface area contributed by atoms with Crippen LogP contribution in [0.15, 0.2) is 22.5 Å². The molecule has 0 aliphatic carbocycles. The maximum Gasteiger partial charge on any atom is 0.310 e. The Morgan fingerprint density at radius 3 is 2.83 bits per heavy atom. The number of esters is 1. The number of nitrogens with one attached hydrogen (secondary N) is 1. The second kappa shape index (κ2) is 7.34. The Balaban J connectivity index is 1.98. The molecule has 2 unspecified atom stereocenters. The minimum atomic E-state index is -0.130. The van der Waals surface area contributed by atoms with E-state index in [0.717, 1.165) is 19.0 Å². The van der Waals surface area contributed by atoms with Gasteiger partial charge in [-0.15, -0.1) is 11.3 Å². The maximum atomic E-state index is 11.8. The van der Waals surface area contributed by atoms with Gasteiger partial charge in [-0.1, -0.05) is 26.8 Å². The number of methoxy groups -OCH3 is 1. The van der Waals surface area contributed by atoms with Crippen LogP contribution in [0.1, 0.15) is 25.6 Å². The van der Waals surface area contributed by atoms with E-state index in [1.807, 2.05) is 0 Å². The zero-order valence-electron chi connectivity index (χ0n) is 14.6. The molecule has 1 fully saturated rings. The molecular formula is C17H27N3O2S. The van der Waals surface area contributed by atoms with E-state index in [2.05, 4.69) is 53.5 Å². The second-order valence-electron chi connectivity index (χ2n) is 6.77. The fourth-order valence-corrected chi connectivity index (χ4v) is 3.83. The van der Waals surface area contributed by atoms with Gasteiger partial charge in [-0.2, -0.15) is 0 Å². The highest BCUT2D eigenvalue weighted by Gasteiger charge is 2.37. The Morgan fingerprint density at radius 1 is 1.52 bits per heavy atom. The average Bonchev–Trinajstić information content (AvgIpc) is 3.17. The Labute approximate surface area is 142 Å². The van der Waals surface area contributed by atoms with E-state index >= 15 is 0 Å². The van der Waals surface area contributed by atoms with Crippen LogP contribution >= 0.6 is 11.3 Å². The van der Waals surface area contributed by atoms with Crippen LogP contribution < -0.4 is 5.32 Å². The monoisotopic (exact) mass is 337 g/mol. The number of carbonyl (C=O) groups excluding carboxylic acids is 1. The summed E-state index contributed by atoms with van der Waals surface area (Å²) in [6.07, 6.45) is 0. The van der Waals surface area contributed by atoms with E-state index in [1.165, 1.54) is 12.0 Å². The van der Waals surface area contributed by atoms with Gasteiger partial charge in [-0.25, -0.2) is 0 Å². The number of hydrogen-bond acceptors (Lipinski definition) is 4. The van der Waals surface area contributed by atoms with Gasteiger partial charge in [0.2, 0.25) is 0 Å². The van der Waals surface area contributed by atoms with Gasteiger partial charge in [0.1, 0.15) is 0 Å². The Bertz CT molecular complexity index is 554. The van der Waals surface area contributed by atoms with Crippen molar-refractivity contribution in [2.24, 2.45) is 16.8 Å². The van der Waals surface area contributed by atoms with Crippen molar-refractivity contribution in [3.05, 3.63) is 22.4 Å². The zero-order chi connectivity index (χ0) is 17.0. The third kappa shape index (κ3) is 4.05.